The lowest BCUT2D eigenvalue weighted by Gasteiger charge is -2.20. The number of hydrogen-bond acceptors (Lipinski definition) is 16. The van der Waals surface area contributed by atoms with Gasteiger partial charge in [-0.3, -0.25) is 23.1 Å². The van der Waals surface area contributed by atoms with Crippen LogP contribution in [0.4, 0.5) is 19.0 Å². The Kier molecular flexibility index (Phi) is 10.4. The molecule has 0 saturated carbocycles. The van der Waals surface area contributed by atoms with Crippen molar-refractivity contribution in [2.24, 2.45) is 0 Å². The maximum atomic E-state index is 12.3. The monoisotopic (exact) mass is 711 g/mol. The molecule has 0 radical (unpaired) electrons. The number of halogens is 3. The first kappa shape index (κ1) is 34.9. The molecule has 4 rings (SSSR count). The molecule has 250 valence electrons. The van der Waals surface area contributed by atoms with Crippen molar-refractivity contribution in [3.8, 4) is 0 Å². The molecule has 1 aliphatic heterocycles. The topological polar surface area (TPSA) is 308 Å². The van der Waals surface area contributed by atoms with Gasteiger partial charge in [0.2, 0.25) is 0 Å². The molecule has 3 aromatic heterocycles. The van der Waals surface area contributed by atoms with E-state index in [2.05, 4.69) is 42.9 Å². The summed E-state index contributed by atoms with van der Waals surface area (Å²) in [4.78, 5) is 52.0. The summed E-state index contributed by atoms with van der Waals surface area (Å²) < 4.78 is 98.1. The zero-order chi connectivity index (χ0) is 33.2. The van der Waals surface area contributed by atoms with E-state index < -0.39 is 73.7 Å². The lowest BCUT2D eigenvalue weighted by Crippen LogP contribution is -2.38. The van der Waals surface area contributed by atoms with E-state index in [4.69, 9.17) is 10.5 Å². The maximum absolute atomic E-state index is 12.3. The van der Waals surface area contributed by atoms with Crippen molar-refractivity contribution in [3.05, 3.63) is 24.5 Å². The zero-order valence-corrected chi connectivity index (χ0v) is 24.8. The van der Waals surface area contributed by atoms with Crippen LogP contribution in [0.2, 0.25) is 0 Å². The van der Waals surface area contributed by atoms with Crippen LogP contribution >= 0.6 is 23.5 Å². The summed E-state index contributed by atoms with van der Waals surface area (Å²) in [5.74, 6) is -2.09. The number of aromatic nitrogens is 7. The molecular formula is C17H23F3N9O13P3. The minimum Gasteiger partial charge on any atom is -0.390 e. The van der Waals surface area contributed by atoms with Crippen LogP contribution in [0.1, 0.15) is 18.3 Å². The lowest BCUT2D eigenvalue weighted by atomic mass is 10.2. The van der Waals surface area contributed by atoms with Crippen molar-refractivity contribution in [2.75, 3.05) is 18.9 Å². The Labute approximate surface area is 248 Å². The molecule has 0 spiro atoms. The zero-order valence-electron chi connectivity index (χ0n) is 22.1. The second kappa shape index (κ2) is 13.4. The van der Waals surface area contributed by atoms with Gasteiger partial charge in [-0.25, -0.2) is 28.6 Å². The minimum atomic E-state index is -5.84. The SMILES string of the molecule is Nc1ncnc2c1ncn2C1CC(O)C(COP(=O)(O)OP(=O)(O)OP(=O)(O)OCc2cn(CCNC(=O)C(F)(F)F)nn2)O1. The molecule has 1 amide bonds. The van der Waals surface area contributed by atoms with E-state index in [0.717, 1.165) is 10.9 Å². The number of aliphatic hydroxyl groups is 1. The number of anilines is 1. The van der Waals surface area contributed by atoms with Crippen LogP contribution in [-0.2, 0) is 54.0 Å². The number of ether oxygens (including phenoxy) is 1. The highest BCUT2D eigenvalue weighted by Gasteiger charge is 2.44. The fourth-order valence-corrected chi connectivity index (χ4v) is 7.13. The van der Waals surface area contributed by atoms with E-state index >= 15 is 0 Å². The molecular weight excluding hydrogens is 688 g/mol. The normalized spacial score (nSPS) is 23.0. The van der Waals surface area contributed by atoms with Crippen molar-refractivity contribution in [1.29, 1.82) is 0 Å². The summed E-state index contributed by atoms with van der Waals surface area (Å²) in [6.45, 7) is -2.56. The standard InChI is InChI=1S/C17H23F3N9O13P3/c18-17(19,20)16(31)22-1-2-28-4-9(26-27-28)5-38-43(32,33)41-45(36,37)42-44(34,35)39-6-11-10(30)3-12(40-11)29-8-25-13-14(21)23-7-24-15(13)29/h4,7-8,10-12,30H,1-3,5-6H2,(H,22,31)(H,32,33)(H,34,35)(H,36,37)(H2,21,23,24). The van der Waals surface area contributed by atoms with Gasteiger partial charge in [0.1, 0.15) is 36.5 Å². The summed E-state index contributed by atoms with van der Waals surface area (Å²) in [7, 11) is -16.8. The van der Waals surface area contributed by atoms with Gasteiger partial charge in [-0.1, -0.05) is 5.21 Å². The first-order valence-corrected chi connectivity index (χ1v) is 16.5. The fourth-order valence-electron chi connectivity index (χ4n) is 3.65. The van der Waals surface area contributed by atoms with E-state index in [1.807, 2.05) is 0 Å². The molecule has 7 N–H and O–H groups in total. The highest BCUT2D eigenvalue weighted by molar-refractivity contribution is 7.66. The number of nitrogens with one attached hydrogen (secondary N) is 1. The number of carbonyl (C=O) groups is 1. The van der Waals surface area contributed by atoms with Gasteiger partial charge >= 0.3 is 35.6 Å². The number of phosphoric acid groups is 3. The van der Waals surface area contributed by atoms with Crippen LogP contribution < -0.4 is 11.1 Å². The summed E-state index contributed by atoms with van der Waals surface area (Å²) in [5.41, 5.74) is 6.05. The number of imidazole rings is 1. The van der Waals surface area contributed by atoms with E-state index in [0.29, 0.717) is 0 Å². The van der Waals surface area contributed by atoms with Crippen molar-refractivity contribution >= 4 is 46.4 Å². The number of amides is 1. The average molecular weight is 711 g/mol. The molecule has 28 heteroatoms. The van der Waals surface area contributed by atoms with Crippen LogP contribution in [-0.4, -0.2) is 91.7 Å². The summed E-state index contributed by atoms with van der Waals surface area (Å²) in [6.07, 6.45) is -5.04. The molecule has 4 heterocycles. The molecule has 22 nitrogen and oxygen atoms in total. The van der Waals surface area contributed by atoms with Gasteiger partial charge < -0.3 is 35.6 Å². The predicted octanol–water partition coefficient (Wildman–Crippen LogP) is -0.105. The molecule has 6 atom stereocenters. The maximum Gasteiger partial charge on any atom is 0.490 e. The Morgan fingerprint density at radius 2 is 1.80 bits per heavy atom. The predicted molar refractivity (Wildman–Crippen MR) is 136 cm³/mol. The number of phosphoric ester groups is 2. The molecule has 1 aliphatic rings. The summed E-state index contributed by atoms with van der Waals surface area (Å²) >= 11 is 0. The number of carbonyl (C=O) groups excluding carboxylic acids is 1. The number of nitrogen functional groups attached to an aromatic ring is 1. The fraction of sp³-hybridized carbons (Fsp3) is 0.529. The van der Waals surface area contributed by atoms with E-state index in [1.165, 1.54) is 17.2 Å². The molecule has 3 aromatic rings. The average Bonchev–Trinajstić information content (AvgIpc) is 3.63. The Bertz CT molecular complexity index is 1670. The Morgan fingerprint density at radius 1 is 1.11 bits per heavy atom. The second-order valence-corrected chi connectivity index (χ2v) is 13.5. The number of nitrogens with zero attached hydrogens (tertiary/aromatic N) is 7. The van der Waals surface area contributed by atoms with Crippen molar-refractivity contribution in [1.82, 2.24) is 39.8 Å². The molecule has 0 bridgehead atoms. The minimum absolute atomic E-state index is 0.0605. The molecule has 1 saturated heterocycles. The largest absolute Gasteiger partial charge is 0.490 e. The molecule has 45 heavy (non-hydrogen) atoms. The number of hydrogen-bond donors (Lipinski definition) is 6. The summed E-state index contributed by atoms with van der Waals surface area (Å²) in [5, 5.41) is 18.9. The van der Waals surface area contributed by atoms with Gasteiger partial charge in [0.25, 0.3) is 0 Å². The van der Waals surface area contributed by atoms with E-state index in [1.54, 1.807) is 5.32 Å². The molecule has 0 aromatic carbocycles. The van der Waals surface area contributed by atoms with Gasteiger partial charge in [0.15, 0.2) is 11.5 Å². The highest BCUT2D eigenvalue weighted by Crippen LogP contribution is 2.67. The first-order chi connectivity index (χ1) is 20.8. The van der Waals surface area contributed by atoms with Crippen molar-refractivity contribution in [2.45, 2.75) is 44.2 Å². The Balaban J connectivity index is 1.24. The van der Waals surface area contributed by atoms with Crippen LogP contribution in [0.5, 0.6) is 0 Å². The number of fused-ring (bicyclic) bond motifs is 1. The third kappa shape index (κ3) is 9.54. The third-order valence-electron chi connectivity index (χ3n) is 5.56. The quantitative estimate of drug-likeness (QED) is 0.119. The van der Waals surface area contributed by atoms with Gasteiger partial charge in [-0.05, 0) is 0 Å². The smallest absolute Gasteiger partial charge is 0.390 e. The van der Waals surface area contributed by atoms with Gasteiger partial charge in [0.05, 0.1) is 31.8 Å². The molecule has 0 aliphatic carbocycles. The van der Waals surface area contributed by atoms with Crippen LogP contribution in [0.25, 0.3) is 11.2 Å². The van der Waals surface area contributed by atoms with E-state index in [-0.39, 0.29) is 35.6 Å². The first-order valence-electron chi connectivity index (χ1n) is 12.0. The number of nitrogens with two attached hydrogens (primary N) is 1. The Morgan fingerprint density at radius 3 is 2.49 bits per heavy atom. The van der Waals surface area contributed by atoms with Gasteiger partial charge in [-0.15, -0.1) is 5.10 Å². The molecule has 6 unspecified atom stereocenters. The van der Waals surface area contributed by atoms with Crippen molar-refractivity contribution in [3.63, 3.8) is 0 Å². The number of aliphatic hydroxyl groups excluding tert-OH is 1. The van der Waals surface area contributed by atoms with Gasteiger partial charge in [0, 0.05) is 13.0 Å². The lowest BCUT2D eigenvalue weighted by molar-refractivity contribution is -0.173. The third-order valence-corrected chi connectivity index (χ3v) is 9.79. The van der Waals surface area contributed by atoms with Gasteiger partial charge in [-0.2, -0.15) is 21.8 Å². The molecule has 1 fully saturated rings. The second-order valence-electron chi connectivity index (χ2n) is 8.88. The highest BCUT2D eigenvalue weighted by atomic mass is 31.3. The van der Waals surface area contributed by atoms with Crippen molar-refractivity contribution < 1.29 is 73.9 Å². The van der Waals surface area contributed by atoms with E-state index in [9.17, 15) is 51.4 Å². The number of rotatable bonds is 14. The summed E-state index contributed by atoms with van der Waals surface area (Å²) in [6, 6.07) is 0. The Hall–Kier alpha value is -2.92. The van der Waals surface area contributed by atoms with Crippen LogP contribution in [0.3, 0.4) is 0 Å². The van der Waals surface area contributed by atoms with Crippen LogP contribution in [0.15, 0.2) is 18.9 Å². The number of alkyl halides is 3. The van der Waals surface area contributed by atoms with Crippen LogP contribution in [0, 0.1) is 0 Å².